The topological polar surface area (TPSA) is 46.5 Å². The summed E-state index contributed by atoms with van der Waals surface area (Å²) in [7, 11) is 0. The Bertz CT molecular complexity index is 188. The second-order valence-electron chi connectivity index (χ2n) is 2.58. The molecule has 0 aromatic carbocycles. The van der Waals surface area contributed by atoms with Crippen molar-refractivity contribution in [3.05, 3.63) is 12.7 Å². The molecule has 5 heteroatoms. The largest absolute Gasteiger partial charge is 0.461 e. The fraction of sp³-hybridized carbons (Fsp3) is 0.625. The molecule has 2 atom stereocenters. The highest BCUT2D eigenvalue weighted by Crippen LogP contribution is 2.28. The van der Waals surface area contributed by atoms with Crippen molar-refractivity contribution >= 4 is 29.5 Å². The van der Waals surface area contributed by atoms with Gasteiger partial charge >= 0.3 is 5.97 Å². The summed E-state index contributed by atoms with van der Waals surface area (Å²) < 4.78 is 4.89. The molecule has 0 bridgehead atoms. The van der Waals surface area contributed by atoms with Gasteiger partial charge in [0, 0.05) is 22.8 Å². The van der Waals surface area contributed by atoms with Crippen molar-refractivity contribution in [2.24, 2.45) is 0 Å². The molecule has 74 valence electrons. The third kappa shape index (κ3) is 4.06. The molecule has 1 fully saturated rings. The maximum absolute atomic E-state index is 10.7. The van der Waals surface area contributed by atoms with Gasteiger partial charge in [-0.1, -0.05) is 6.58 Å². The summed E-state index contributed by atoms with van der Waals surface area (Å²) in [5.41, 5.74) is -0.267. The number of rotatable bonds is 3. The Hall–Kier alpha value is -0.130. The van der Waals surface area contributed by atoms with Gasteiger partial charge in [0.25, 0.3) is 0 Å². The molecule has 2 unspecified atom stereocenters. The zero-order chi connectivity index (χ0) is 9.68. The Morgan fingerprint density at radius 1 is 1.62 bits per heavy atom. The maximum atomic E-state index is 10.7. The highest BCUT2D eigenvalue weighted by Gasteiger charge is 2.21. The number of ether oxygens (including phenoxy) is 1. The van der Waals surface area contributed by atoms with Gasteiger partial charge in [0.05, 0.1) is 0 Å². The van der Waals surface area contributed by atoms with E-state index in [4.69, 9.17) is 9.84 Å². The van der Waals surface area contributed by atoms with E-state index in [1.54, 1.807) is 11.8 Å². The zero-order valence-electron chi connectivity index (χ0n) is 7.14. The lowest BCUT2D eigenvalue weighted by Crippen LogP contribution is -2.25. The van der Waals surface area contributed by atoms with Gasteiger partial charge in [-0.3, -0.25) is 0 Å². The van der Waals surface area contributed by atoms with E-state index < -0.39 is 0 Å². The Morgan fingerprint density at radius 2 is 2.38 bits per heavy atom. The van der Waals surface area contributed by atoms with Crippen LogP contribution >= 0.6 is 23.5 Å². The van der Waals surface area contributed by atoms with Crippen LogP contribution in [0.5, 0.6) is 0 Å². The van der Waals surface area contributed by atoms with Crippen LogP contribution in [0.15, 0.2) is 12.7 Å². The molecule has 3 nitrogen and oxygen atoms in total. The molecule has 1 rings (SSSR count). The number of hydrogen-bond donors (Lipinski definition) is 1. The average Bonchev–Trinajstić information content (AvgIpc) is 2.16. The molecule has 13 heavy (non-hydrogen) atoms. The standard InChI is InChI=1S/C8H12O3S2/c1-2-7(9)11-3-6-4-13-8(10)5-12-6/h2,6,8,10H,1,3-5H2. The number of esters is 1. The minimum absolute atomic E-state index is 0.267. The van der Waals surface area contributed by atoms with Crippen molar-refractivity contribution < 1.29 is 14.6 Å². The highest BCUT2D eigenvalue weighted by atomic mass is 32.2. The van der Waals surface area contributed by atoms with E-state index in [0.29, 0.717) is 17.6 Å². The Labute approximate surface area is 85.9 Å². The van der Waals surface area contributed by atoms with Crippen LogP contribution in [0.25, 0.3) is 0 Å². The smallest absolute Gasteiger partial charge is 0.330 e. The molecule has 1 N–H and O–H groups in total. The molecule has 0 saturated carbocycles. The third-order valence-electron chi connectivity index (χ3n) is 1.53. The van der Waals surface area contributed by atoms with Crippen LogP contribution in [-0.2, 0) is 9.53 Å². The first-order chi connectivity index (χ1) is 6.22. The quantitative estimate of drug-likeness (QED) is 0.565. The molecule has 0 aromatic heterocycles. The summed E-state index contributed by atoms with van der Waals surface area (Å²) in [6, 6.07) is 0. The van der Waals surface area contributed by atoms with Crippen LogP contribution in [0.3, 0.4) is 0 Å². The predicted octanol–water partition coefficient (Wildman–Crippen LogP) is 0.883. The van der Waals surface area contributed by atoms with Crippen LogP contribution in [0, 0.1) is 0 Å². The van der Waals surface area contributed by atoms with E-state index in [0.717, 1.165) is 11.8 Å². The second kappa shape index (κ2) is 5.57. The van der Waals surface area contributed by atoms with Crippen LogP contribution in [0.4, 0.5) is 0 Å². The number of carbonyl (C=O) groups excluding carboxylic acids is 1. The van der Waals surface area contributed by atoms with Crippen molar-refractivity contribution in [2.45, 2.75) is 10.7 Å². The van der Waals surface area contributed by atoms with E-state index in [1.165, 1.54) is 11.8 Å². The normalized spacial score (nSPS) is 28.1. The van der Waals surface area contributed by atoms with Gasteiger partial charge in [0.1, 0.15) is 12.0 Å². The van der Waals surface area contributed by atoms with E-state index >= 15 is 0 Å². The van der Waals surface area contributed by atoms with Gasteiger partial charge in [-0.25, -0.2) is 4.79 Å². The summed E-state index contributed by atoms with van der Waals surface area (Å²) >= 11 is 3.14. The van der Waals surface area contributed by atoms with Gasteiger partial charge in [-0.15, -0.1) is 11.8 Å². The SMILES string of the molecule is C=CC(=O)OCC1CSC(O)CS1. The minimum atomic E-state index is -0.378. The fourth-order valence-electron chi connectivity index (χ4n) is 0.863. The van der Waals surface area contributed by atoms with E-state index in [9.17, 15) is 4.79 Å². The summed E-state index contributed by atoms with van der Waals surface area (Å²) in [4.78, 5) is 10.7. The monoisotopic (exact) mass is 220 g/mol. The molecule has 1 aliphatic rings. The first kappa shape index (κ1) is 10.9. The number of hydrogen-bond acceptors (Lipinski definition) is 5. The van der Waals surface area contributed by atoms with Gasteiger partial charge in [0.2, 0.25) is 0 Å². The summed E-state index contributed by atoms with van der Waals surface area (Å²) in [6.07, 6.45) is 1.16. The zero-order valence-corrected chi connectivity index (χ0v) is 8.77. The molecular formula is C8H12O3S2. The summed E-state index contributed by atoms with van der Waals surface area (Å²) in [5, 5.41) is 9.47. The molecule has 0 aromatic rings. The molecule has 0 aliphatic carbocycles. The Balaban J connectivity index is 2.15. The van der Waals surface area contributed by atoms with Crippen molar-refractivity contribution in [2.75, 3.05) is 18.1 Å². The van der Waals surface area contributed by atoms with Crippen molar-refractivity contribution in [3.8, 4) is 0 Å². The van der Waals surface area contributed by atoms with Gasteiger partial charge in [-0.05, 0) is 0 Å². The summed E-state index contributed by atoms with van der Waals surface area (Å²) in [5.74, 6) is 1.16. The fourth-order valence-corrected chi connectivity index (χ4v) is 3.24. The van der Waals surface area contributed by atoms with E-state index in [1.807, 2.05) is 0 Å². The second-order valence-corrected chi connectivity index (χ2v) is 5.12. The predicted molar refractivity (Wildman–Crippen MR) is 55.9 cm³/mol. The van der Waals surface area contributed by atoms with Gasteiger partial charge in [-0.2, -0.15) is 11.8 Å². The maximum Gasteiger partial charge on any atom is 0.330 e. The molecule has 0 amide bonds. The molecule has 1 saturated heterocycles. The van der Waals surface area contributed by atoms with Crippen LogP contribution < -0.4 is 0 Å². The lowest BCUT2D eigenvalue weighted by molar-refractivity contribution is -0.137. The highest BCUT2D eigenvalue weighted by molar-refractivity contribution is 8.07. The lowest BCUT2D eigenvalue weighted by Gasteiger charge is -2.23. The first-order valence-electron chi connectivity index (χ1n) is 3.93. The first-order valence-corrected chi connectivity index (χ1v) is 6.02. The Morgan fingerprint density at radius 3 is 2.92 bits per heavy atom. The Kier molecular flexibility index (Phi) is 4.69. The summed E-state index contributed by atoms with van der Waals surface area (Å²) in [6.45, 7) is 3.72. The van der Waals surface area contributed by atoms with Crippen molar-refractivity contribution in [1.29, 1.82) is 0 Å². The molecule has 0 spiro atoms. The van der Waals surface area contributed by atoms with Crippen molar-refractivity contribution in [3.63, 3.8) is 0 Å². The van der Waals surface area contributed by atoms with Crippen LogP contribution in [0.1, 0.15) is 0 Å². The molecular weight excluding hydrogens is 208 g/mol. The van der Waals surface area contributed by atoms with Crippen LogP contribution in [0.2, 0.25) is 0 Å². The molecule has 0 radical (unpaired) electrons. The van der Waals surface area contributed by atoms with Crippen molar-refractivity contribution in [1.82, 2.24) is 0 Å². The van der Waals surface area contributed by atoms with Crippen LogP contribution in [-0.4, -0.2) is 39.9 Å². The lowest BCUT2D eigenvalue weighted by atomic mass is 10.5. The number of thioether (sulfide) groups is 2. The molecule has 1 aliphatic heterocycles. The van der Waals surface area contributed by atoms with Gasteiger partial charge in [0.15, 0.2) is 0 Å². The van der Waals surface area contributed by atoms with E-state index in [-0.39, 0.29) is 11.4 Å². The average molecular weight is 220 g/mol. The minimum Gasteiger partial charge on any atom is -0.461 e. The number of aliphatic hydroxyl groups is 1. The number of aliphatic hydroxyl groups excluding tert-OH is 1. The molecule has 1 heterocycles. The van der Waals surface area contributed by atoms with Gasteiger partial charge < -0.3 is 9.84 Å². The third-order valence-corrected chi connectivity index (χ3v) is 4.38. The van der Waals surface area contributed by atoms with E-state index in [2.05, 4.69) is 6.58 Å². The number of carbonyl (C=O) groups is 1.